The Morgan fingerprint density at radius 2 is 1.81 bits per heavy atom. The third-order valence-corrected chi connectivity index (χ3v) is 5.12. The smallest absolute Gasteiger partial charge is 0.302 e. The largest absolute Gasteiger partial charge is 0.342 e. The number of aromatic nitrogens is 4. The number of hydrogen-bond donors (Lipinski definition) is 2. The van der Waals surface area contributed by atoms with Gasteiger partial charge < -0.3 is 5.32 Å². The van der Waals surface area contributed by atoms with Gasteiger partial charge in [0.15, 0.2) is 5.69 Å². The van der Waals surface area contributed by atoms with E-state index in [-0.39, 0.29) is 17.6 Å². The van der Waals surface area contributed by atoms with Gasteiger partial charge in [0.1, 0.15) is 10.8 Å². The lowest BCUT2D eigenvalue weighted by Gasteiger charge is -2.14. The van der Waals surface area contributed by atoms with Crippen LogP contribution in [0.4, 0.5) is 5.82 Å². The Morgan fingerprint density at radius 3 is 2.50 bits per heavy atom. The van der Waals surface area contributed by atoms with E-state index in [0.717, 1.165) is 22.5 Å². The molecule has 8 heteroatoms. The van der Waals surface area contributed by atoms with Gasteiger partial charge in [0.25, 0.3) is 5.91 Å². The maximum absolute atomic E-state index is 13.1. The number of halogens is 1. The molecule has 4 aromatic rings. The van der Waals surface area contributed by atoms with Crippen LogP contribution in [-0.2, 0) is 0 Å². The van der Waals surface area contributed by atoms with E-state index in [1.807, 2.05) is 68.4 Å². The van der Waals surface area contributed by atoms with E-state index < -0.39 is 5.91 Å². The number of aromatic amines is 1. The summed E-state index contributed by atoms with van der Waals surface area (Å²) >= 11 is 6.21. The Balaban J connectivity index is 1.80. The summed E-state index contributed by atoms with van der Waals surface area (Å²) in [7, 11) is 0. The van der Waals surface area contributed by atoms with Crippen molar-refractivity contribution in [1.29, 1.82) is 0 Å². The van der Waals surface area contributed by atoms with Crippen molar-refractivity contribution in [2.24, 2.45) is 0 Å². The Kier molecular flexibility index (Phi) is 6.09. The summed E-state index contributed by atoms with van der Waals surface area (Å²) in [6, 6.07) is 18.4. The van der Waals surface area contributed by atoms with Crippen molar-refractivity contribution in [1.82, 2.24) is 20.3 Å². The molecule has 1 aromatic carbocycles. The zero-order chi connectivity index (χ0) is 22.7. The molecule has 32 heavy (non-hydrogen) atoms. The van der Waals surface area contributed by atoms with Crippen LogP contribution < -0.4 is 16.0 Å². The molecule has 0 saturated carbocycles. The number of nitrogens with two attached hydrogens (primary N) is 1. The molecule has 4 N–H and O–H groups in total. The molecule has 3 heterocycles. The minimum Gasteiger partial charge on any atom is -0.342 e. The lowest BCUT2D eigenvalue weighted by Crippen LogP contribution is -2.31. The fourth-order valence-electron chi connectivity index (χ4n) is 3.41. The first kappa shape index (κ1) is 21.4. The number of carbonyl (C=O) groups is 1. The normalized spacial score (nSPS) is 11.7. The molecular weight excluding hydrogens is 424 g/mol. The van der Waals surface area contributed by atoms with Crippen molar-refractivity contribution in [3.8, 4) is 22.5 Å². The van der Waals surface area contributed by atoms with Crippen molar-refractivity contribution in [2.75, 3.05) is 5.73 Å². The molecule has 0 aliphatic rings. The summed E-state index contributed by atoms with van der Waals surface area (Å²) in [5, 5.41) is 3.25. The summed E-state index contributed by atoms with van der Waals surface area (Å²) in [5.41, 5.74) is 10.6. The highest BCUT2D eigenvalue weighted by Crippen LogP contribution is 2.30. The average Bonchev–Trinajstić information content (AvgIpc) is 2.79. The van der Waals surface area contributed by atoms with Crippen LogP contribution in [-0.4, -0.2) is 20.9 Å². The van der Waals surface area contributed by atoms with Crippen LogP contribution in [0.15, 0.2) is 66.9 Å². The first-order valence-corrected chi connectivity index (χ1v) is 10.4. The first-order valence-electron chi connectivity index (χ1n) is 10.1. The zero-order valence-electron chi connectivity index (χ0n) is 17.6. The molecule has 0 spiro atoms. The Morgan fingerprint density at radius 1 is 1.06 bits per heavy atom. The molecule has 0 saturated heterocycles. The molecule has 7 nitrogen and oxygen atoms in total. The molecule has 160 valence electrons. The van der Waals surface area contributed by atoms with Crippen molar-refractivity contribution in [3.05, 3.63) is 89.1 Å². The number of pyridine rings is 2. The van der Waals surface area contributed by atoms with Crippen LogP contribution >= 0.6 is 11.6 Å². The summed E-state index contributed by atoms with van der Waals surface area (Å²) in [4.78, 5) is 29.4. The standard InChI is InChI=1S/C24H21ClN6O/c1-14-12-17(13-19(25)28-14)21-20(16-8-4-3-5-9-16)31-23(26)22(30-21)24(32)29-15(2)18-10-6-7-11-27-18/h3-13,15H,1-2H3,(H2,26,31)(H,29,32)/p+1. The van der Waals surface area contributed by atoms with E-state index in [0.29, 0.717) is 16.5 Å². The predicted octanol–water partition coefficient (Wildman–Crippen LogP) is 4.05. The van der Waals surface area contributed by atoms with E-state index in [1.54, 1.807) is 12.3 Å². The molecule has 0 fully saturated rings. The van der Waals surface area contributed by atoms with E-state index in [4.69, 9.17) is 17.3 Å². The quantitative estimate of drug-likeness (QED) is 0.450. The topological polar surface area (TPSA) is 108 Å². The lowest BCUT2D eigenvalue weighted by atomic mass is 10.0. The number of benzene rings is 1. The van der Waals surface area contributed by atoms with E-state index in [9.17, 15) is 4.79 Å². The second-order valence-corrected chi connectivity index (χ2v) is 7.75. The second-order valence-electron chi connectivity index (χ2n) is 7.36. The molecule has 0 aliphatic heterocycles. The molecular formula is C24H22ClN6O+. The van der Waals surface area contributed by atoms with Crippen LogP contribution in [0.1, 0.15) is 34.8 Å². The first-order chi connectivity index (χ1) is 15.4. The van der Waals surface area contributed by atoms with Gasteiger partial charge in [-0.25, -0.2) is 15.0 Å². The van der Waals surface area contributed by atoms with Gasteiger partial charge in [0, 0.05) is 23.0 Å². The summed E-state index contributed by atoms with van der Waals surface area (Å²) in [6.07, 6.45) is 1.68. The average molecular weight is 446 g/mol. The van der Waals surface area contributed by atoms with E-state index in [1.165, 1.54) is 0 Å². The van der Waals surface area contributed by atoms with Crippen molar-refractivity contribution >= 4 is 23.3 Å². The molecule has 0 bridgehead atoms. The number of carbonyl (C=O) groups excluding carboxylic acids is 1. The maximum Gasteiger partial charge on any atom is 0.302 e. The molecule has 1 amide bonds. The lowest BCUT2D eigenvalue weighted by molar-refractivity contribution is -0.347. The number of anilines is 1. The number of nitrogens with one attached hydrogen (secondary N) is 2. The van der Waals surface area contributed by atoms with Crippen LogP contribution in [0.2, 0.25) is 5.15 Å². The number of nitrogen functional groups attached to an aromatic ring is 1. The molecule has 4 rings (SSSR count). The number of amides is 1. The van der Waals surface area contributed by atoms with Crippen LogP contribution in [0.5, 0.6) is 0 Å². The number of hydrogen-bond acceptors (Lipinski definition) is 5. The minimum absolute atomic E-state index is 0.0908. The van der Waals surface area contributed by atoms with Gasteiger partial charge in [-0.1, -0.05) is 48.0 Å². The number of H-pyrrole nitrogens is 1. The molecule has 0 aliphatic carbocycles. The summed E-state index contributed by atoms with van der Waals surface area (Å²) in [6.45, 7) is 3.70. The molecule has 1 atom stereocenters. The summed E-state index contributed by atoms with van der Waals surface area (Å²) in [5.74, 6) is -0.246. The third kappa shape index (κ3) is 4.58. The van der Waals surface area contributed by atoms with E-state index >= 15 is 0 Å². The molecule has 1 unspecified atom stereocenters. The minimum atomic E-state index is -0.408. The fraction of sp³-hybridized carbons (Fsp3) is 0.125. The van der Waals surface area contributed by atoms with Crippen LogP contribution in [0.3, 0.4) is 0 Å². The van der Waals surface area contributed by atoms with Crippen LogP contribution in [0, 0.1) is 6.92 Å². The monoisotopic (exact) mass is 445 g/mol. The zero-order valence-corrected chi connectivity index (χ0v) is 18.4. The third-order valence-electron chi connectivity index (χ3n) is 4.93. The fourth-order valence-corrected chi connectivity index (χ4v) is 3.66. The number of nitrogens with zero attached hydrogens (tertiary/aromatic N) is 3. The SMILES string of the molecule is Cc1cc(-c2nc(C(=O)NC(C)c3ccccn3)c(N)[nH+]c2-c2ccccc2)cc(Cl)n1. The van der Waals surface area contributed by atoms with Crippen LogP contribution in [0.25, 0.3) is 22.5 Å². The van der Waals surface area contributed by atoms with Gasteiger partial charge in [0.05, 0.1) is 11.7 Å². The van der Waals surface area contributed by atoms with Gasteiger partial charge in [-0.05, 0) is 38.1 Å². The Hall–Kier alpha value is -3.84. The van der Waals surface area contributed by atoms with Crippen molar-refractivity contribution in [2.45, 2.75) is 19.9 Å². The van der Waals surface area contributed by atoms with Gasteiger partial charge >= 0.3 is 5.82 Å². The van der Waals surface area contributed by atoms with Gasteiger partial charge in [0.2, 0.25) is 5.69 Å². The second kappa shape index (κ2) is 9.11. The molecule has 0 radical (unpaired) electrons. The highest BCUT2D eigenvalue weighted by Gasteiger charge is 2.25. The maximum atomic E-state index is 13.1. The van der Waals surface area contributed by atoms with Gasteiger partial charge in [-0.2, -0.15) is 0 Å². The predicted molar refractivity (Wildman–Crippen MR) is 124 cm³/mol. The Bertz CT molecular complexity index is 1240. The Labute approximate surface area is 190 Å². The number of aryl methyl sites for hydroxylation is 1. The van der Waals surface area contributed by atoms with Crippen molar-refractivity contribution in [3.63, 3.8) is 0 Å². The van der Waals surface area contributed by atoms with E-state index in [2.05, 4.69) is 25.3 Å². The summed E-state index contributed by atoms with van der Waals surface area (Å²) < 4.78 is 0. The highest BCUT2D eigenvalue weighted by atomic mass is 35.5. The van der Waals surface area contributed by atoms with Crippen molar-refractivity contribution < 1.29 is 9.78 Å². The molecule has 3 aromatic heterocycles. The van der Waals surface area contributed by atoms with Gasteiger partial charge in [-0.3, -0.25) is 15.5 Å². The highest BCUT2D eigenvalue weighted by molar-refractivity contribution is 6.29. The van der Waals surface area contributed by atoms with Gasteiger partial charge in [-0.15, -0.1) is 0 Å². The number of rotatable bonds is 5.